The fourth-order valence-corrected chi connectivity index (χ4v) is 3.95. The fourth-order valence-electron chi connectivity index (χ4n) is 3.95. The van der Waals surface area contributed by atoms with Crippen LogP contribution in [0.5, 0.6) is 5.75 Å². The molecule has 0 bridgehead atoms. The van der Waals surface area contributed by atoms with Gasteiger partial charge in [0.2, 0.25) is 0 Å². The molecule has 1 unspecified atom stereocenters. The topological polar surface area (TPSA) is 75.6 Å². The van der Waals surface area contributed by atoms with Gasteiger partial charge < -0.3 is 15.2 Å². The Labute approximate surface area is 190 Å². The first-order valence-electron chi connectivity index (χ1n) is 10.6. The third kappa shape index (κ3) is 4.36. The number of hydrogen-bond donors (Lipinski definition) is 2. The number of carbonyl (C=O) groups excluding carboxylic acids is 2. The lowest BCUT2D eigenvalue weighted by molar-refractivity contribution is 0.0109. The molecule has 0 saturated carbocycles. The van der Waals surface area contributed by atoms with Crippen LogP contribution in [0.15, 0.2) is 54.6 Å². The van der Waals surface area contributed by atoms with Crippen LogP contribution in [0.1, 0.15) is 46.5 Å². The molecule has 3 aromatic rings. The molecule has 7 heteroatoms. The van der Waals surface area contributed by atoms with Crippen LogP contribution in [0.3, 0.4) is 0 Å². The summed E-state index contributed by atoms with van der Waals surface area (Å²) in [4.78, 5) is 24.9. The maximum absolute atomic E-state index is 13.9. The van der Waals surface area contributed by atoms with Crippen molar-refractivity contribution in [2.75, 3.05) is 11.9 Å². The van der Waals surface area contributed by atoms with Crippen molar-refractivity contribution < 1.29 is 28.2 Å². The Kier molecular flexibility index (Phi) is 5.99. The van der Waals surface area contributed by atoms with Crippen molar-refractivity contribution in [2.24, 2.45) is 0 Å². The van der Waals surface area contributed by atoms with Gasteiger partial charge in [0.25, 0.3) is 5.91 Å². The molecule has 0 aromatic heterocycles. The van der Waals surface area contributed by atoms with Gasteiger partial charge in [0.15, 0.2) is 5.78 Å². The van der Waals surface area contributed by atoms with Crippen molar-refractivity contribution in [3.05, 3.63) is 82.9 Å². The van der Waals surface area contributed by atoms with Crippen LogP contribution in [-0.2, 0) is 6.42 Å². The van der Waals surface area contributed by atoms with E-state index in [4.69, 9.17) is 4.74 Å². The Morgan fingerprint density at radius 2 is 1.76 bits per heavy atom. The first-order valence-corrected chi connectivity index (χ1v) is 10.6. The molecule has 5 nitrogen and oxygen atoms in total. The molecule has 33 heavy (non-hydrogen) atoms. The number of Topliss-reactive ketones (excluding diaryl/α,β-unsaturated/α-hetero) is 1. The lowest BCUT2D eigenvalue weighted by Gasteiger charge is -2.34. The van der Waals surface area contributed by atoms with Gasteiger partial charge in [0.05, 0.1) is 18.6 Å². The van der Waals surface area contributed by atoms with E-state index in [2.05, 4.69) is 5.32 Å². The minimum absolute atomic E-state index is 0.0764. The van der Waals surface area contributed by atoms with Crippen molar-refractivity contribution in [1.82, 2.24) is 0 Å². The smallest absolute Gasteiger partial charge is 0.261 e. The highest BCUT2D eigenvalue weighted by molar-refractivity contribution is 6.05. The van der Waals surface area contributed by atoms with Crippen molar-refractivity contribution >= 4 is 17.4 Å². The molecule has 2 N–H and O–H groups in total. The summed E-state index contributed by atoms with van der Waals surface area (Å²) >= 11 is 0. The summed E-state index contributed by atoms with van der Waals surface area (Å²) in [5.74, 6) is -2.41. The molecular weight excluding hydrogens is 428 g/mol. The Hall–Kier alpha value is -3.58. The zero-order chi connectivity index (χ0) is 23.8. The minimum Gasteiger partial charge on any atom is -0.484 e. The Bertz CT molecular complexity index is 1220. The lowest BCUT2D eigenvalue weighted by atomic mass is 9.88. The Morgan fingerprint density at radius 3 is 2.36 bits per heavy atom. The van der Waals surface area contributed by atoms with E-state index < -0.39 is 28.7 Å². The Balaban J connectivity index is 1.63. The molecule has 0 saturated heterocycles. The summed E-state index contributed by atoms with van der Waals surface area (Å²) in [5.41, 5.74) is 1.88. The van der Waals surface area contributed by atoms with Gasteiger partial charge in [-0.2, -0.15) is 0 Å². The van der Waals surface area contributed by atoms with Gasteiger partial charge >= 0.3 is 0 Å². The number of aliphatic hydroxyl groups is 1. The maximum Gasteiger partial charge on any atom is 0.261 e. The second kappa shape index (κ2) is 8.75. The van der Waals surface area contributed by atoms with E-state index in [0.717, 1.165) is 28.8 Å². The Morgan fingerprint density at radius 1 is 1.09 bits per heavy atom. The van der Waals surface area contributed by atoms with E-state index in [-0.39, 0.29) is 18.8 Å². The number of ether oxygens (including phenoxy) is 1. The second-order valence-corrected chi connectivity index (χ2v) is 8.30. The van der Waals surface area contributed by atoms with Crippen LogP contribution in [0.2, 0.25) is 0 Å². The highest BCUT2D eigenvalue weighted by atomic mass is 19.1. The summed E-state index contributed by atoms with van der Waals surface area (Å²) in [6.45, 7) is 3.39. The fraction of sp³-hybridized carbons (Fsp3) is 0.231. The van der Waals surface area contributed by atoms with Crippen molar-refractivity contribution in [3.63, 3.8) is 0 Å². The number of benzene rings is 3. The number of ketones is 1. The van der Waals surface area contributed by atoms with E-state index in [9.17, 15) is 23.5 Å². The van der Waals surface area contributed by atoms with Gasteiger partial charge in [-0.1, -0.05) is 25.1 Å². The molecule has 1 heterocycles. The zero-order valence-corrected chi connectivity index (χ0v) is 18.2. The maximum atomic E-state index is 13.9. The highest BCUT2D eigenvalue weighted by Gasteiger charge is 2.36. The first kappa shape index (κ1) is 22.6. The number of nitrogens with one attached hydrogen (secondary N) is 1. The van der Waals surface area contributed by atoms with Gasteiger partial charge in [-0.15, -0.1) is 0 Å². The summed E-state index contributed by atoms with van der Waals surface area (Å²) in [5, 5.41) is 12.1. The van der Waals surface area contributed by atoms with Crippen molar-refractivity contribution in [2.45, 2.75) is 32.3 Å². The number of rotatable bonds is 5. The summed E-state index contributed by atoms with van der Waals surface area (Å²) in [6, 6.07) is 13.7. The predicted octanol–water partition coefficient (Wildman–Crippen LogP) is 5.16. The molecule has 0 spiro atoms. The molecule has 1 aliphatic rings. The summed E-state index contributed by atoms with van der Waals surface area (Å²) in [6.07, 6.45) is 0.786. The molecule has 4 rings (SSSR count). The van der Waals surface area contributed by atoms with E-state index in [1.807, 2.05) is 13.0 Å². The van der Waals surface area contributed by atoms with Crippen LogP contribution in [0.4, 0.5) is 14.5 Å². The van der Waals surface area contributed by atoms with E-state index in [1.54, 1.807) is 37.3 Å². The monoisotopic (exact) mass is 451 g/mol. The van der Waals surface area contributed by atoms with Crippen molar-refractivity contribution in [1.29, 1.82) is 0 Å². The van der Waals surface area contributed by atoms with Crippen LogP contribution < -0.4 is 10.1 Å². The van der Waals surface area contributed by atoms with Gasteiger partial charge in [-0.05, 0) is 66.4 Å². The molecule has 170 valence electrons. The average Bonchev–Trinajstić information content (AvgIpc) is 2.78. The molecular formula is C26H23F2NO4. The number of anilines is 1. The molecule has 3 aromatic carbocycles. The van der Waals surface area contributed by atoms with Gasteiger partial charge in [-0.3, -0.25) is 9.59 Å². The summed E-state index contributed by atoms with van der Waals surface area (Å²) < 4.78 is 33.7. The first-order chi connectivity index (χ1) is 15.7. The molecule has 0 aliphatic carbocycles. The van der Waals surface area contributed by atoms with E-state index in [0.29, 0.717) is 23.4 Å². The normalized spacial score (nSPS) is 17.3. The van der Waals surface area contributed by atoms with Crippen LogP contribution >= 0.6 is 0 Å². The van der Waals surface area contributed by atoms with Gasteiger partial charge in [-0.25, -0.2) is 8.78 Å². The number of aryl methyl sites for hydroxylation is 1. The number of halogens is 2. The molecule has 0 fully saturated rings. The number of hydrogen-bond acceptors (Lipinski definition) is 4. The molecule has 1 atom stereocenters. The van der Waals surface area contributed by atoms with Crippen molar-refractivity contribution in [3.8, 4) is 16.9 Å². The quantitative estimate of drug-likeness (QED) is 0.562. The van der Waals surface area contributed by atoms with Crippen LogP contribution in [0, 0.1) is 11.6 Å². The second-order valence-electron chi connectivity index (χ2n) is 8.30. The third-order valence-corrected chi connectivity index (χ3v) is 5.76. The van der Waals surface area contributed by atoms with Gasteiger partial charge in [0.1, 0.15) is 28.5 Å². The number of carbonyl (C=O) groups is 2. The van der Waals surface area contributed by atoms with Crippen LogP contribution in [0.25, 0.3) is 11.1 Å². The average molecular weight is 451 g/mol. The van der Waals surface area contributed by atoms with Gasteiger partial charge in [0, 0.05) is 5.69 Å². The number of aliphatic hydroxyl groups excluding tert-OH is 1. The number of fused-ring (bicyclic) bond motifs is 1. The standard InChI is InChI=1S/C26H23F2NO4/c1-3-15-11-19-22(31)13-26(2,14-30)33-23(19)12-18(15)16-7-9-17(10-8-16)29-25(32)24-20(27)5-4-6-21(24)28/h4-12,30H,3,13-14H2,1-2H3,(H,29,32). The lowest BCUT2D eigenvalue weighted by Crippen LogP contribution is -2.42. The summed E-state index contributed by atoms with van der Waals surface area (Å²) in [7, 11) is 0. The molecule has 0 radical (unpaired) electrons. The molecule has 1 amide bonds. The third-order valence-electron chi connectivity index (χ3n) is 5.76. The van der Waals surface area contributed by atoms with Crippen LogP contribution in [-0.4, -0.2) is 29.0 Å². The SMILES string of the molecule is CCc1cc2c(cc1-c1ccc(NC(=O)c3c(F)cccc3F)cc1)OC(C)(CO)CC2=O. The van der Waals surface area contributed by atoms with E-state index >= 15 is 0 Å². The minimum atomic E-state index is -0.967. The van der Waals surface area contributed by atoms with E-state index in [1.165, 1.54) is 6.07 Å². The zero-order valence-electron chi connectivity index (χ0n) is 18.2. The number of amides is 1. The highest BCUT2D eigenvalue weighted by Crippen LogP contribution is 2.38. The largest absolute Gasteiger partial charge is 0.484 e. The molecule has 1 aliphatic heterocycles. The predicted molar refractivity (Wildman–Crippen MR) is 121 cm³/mol.